The Balaban J connectivity index is 1.32. The lowest BCUT2D eigenvalue weighted by molar-refractivity contribution is -0.153. The molecule has 1 spiro atoms. The average molecular weight is 474 g/mol. The fourth-order valence-corrected chi connectivity index (χ4v) is 5.03. The number of methoxy groups -OCH3 is 1. The minimum absolute atomic E-state index is 0.123. The van der Waals surface area contributed by atoms with Crippen LogP contribution in [-0.4, -0.2) is 96.3 Å². The van der Waals surface area contributed by atoms with Gasteiger partial charge in [-0.15, -0.1) is 0 Å². The van der Waals surface area contributed by atoms with Gasteiger partial charge in [-0.1, -0.05) is 30.3 Å². The zero-order valence-electron chi connectivity index (χ0n) is 19.9. The number of aliphatic hydroxyl groups excluding tert-OH is 1. The van der Waals surface area contributed by atoms with E-state index in [9.17, 15) is 19.5 Å². The molecule has 34 heavy (non-hydrogen) atoms. The summed E-state index contributed by atoms with van der Waals surface area (Å²) < 4.78 is 10.4. The molecule has 1 saturated carbocycles. The first-order valence-electron chi connectivity index (χ1n) is 12.2. The van der Waals surface area contributed by atoms with Crippen LogP contribution in [0.3, 0.4) is 0 Å². The molecular weight excluding hydrogens is 438 g/mol. The molecule has 2 atom stereocenters. The number of esters is 1. The summed E-state index contributed by atoms with van der Waals surface area (Å²) in [7, 11) is 1.33. The smallest absolute Gasteiger partial charge is 0.410 e. The fraction of sp³-hybridized carbons (Fsp3) is 0.640. The van der Waals surface area contributed by atoms with Gasteiger partial charge in [0.15, 0.2) is 0 Å². The van der Waals surface area contributed by atoms with Gasteiger partial charge in [-0.3, -0.25) is 4.79 Å². The highest BCUT2D eigenvalue weighted by Gasteiger charge is 2.51. The molecule has 4 rings (SSSR count). The Morgan fingerprint density at radius 1 is 1.12 bits per heavy atom. The second-order valence-electron chi connectivity index (χ2n) is 9.62. The molecule has 9 nitrogen and oxygen atoms in total. The number of benzene rings is 1. The van der Waals surface area contributed by atoms with Gasteiger partial charge in [0.1, 0.15) is 12.6 Å². The van der Waals surface area contributed by atoms with Crippen LogP contribution >= 0.6 is 0 Å². The maximum absolute atomic E-state index is 12.9. The number of likely N-dealkylation sites (tertiary alicyclic amines) is 1. The number of carbonyl (C=O) groups is 3. The third-order valence-corrected chi connectivity index (χ3v) is 7.51. The molecule has 0 radical (unpaired) electrons. The molecule has 2 heterocycles. The Morgan fingerprint density at radius 3 is 2.56 bits per heavy atom. The highest BCUT2D eigenvalue weighted by molar-refractivity contribution is 5.85. The molecule has 1 aromatic carbocycles. The van der Waals surface area contributed by atoms with Gasteiger partial charge in [-0.05, 0) is 43.2 Å². The van der Waals surface area contributed by atoms with Gasteiger partial charge in [-0.25, -0.2) is 9.59 Å². The Morgan fingerprint density at radius 2 is 1.88 bits per heavy atom. The van der Waals surface area contributed by atoms with E-state index in [1.807, 2.05) is 30.3 Å². The summed E-state index contributed by atoms with van der Waals surface area (Å²) in [5, 5.41) is 10.5. The SMILES string of the molecule is COC(=O)C(CCN1CCC2(CC2)[C@H](O)C1)N1CCN(C(=O)OCc2ccccc2)CCC1=O. The molecule has 2 saturated heterocycles. The van der Waals surface area contributed by atoms with Crippen molar-refractivity contribution < 1.29 is 29.0 Å². The van der Waals surface area contributed by atoms with E-state index in [0.717, 1.165) is 31.4 Å². The zero-order valence-corrected chi connectivity index (χ0v) is 19.9. The van der Waals surface area contributed by atoms with Crippen LogP contribution in [-0.2, 0) is 25.7 Å². The molecule has 0 aromatic heterocycles. The number of piperidine rings is 1. The summed E-state index contributed by atoms with van der Waals surface area (Å²) in [4.78, 5) is 43.3. The third kappa shape index (κ3) is 5.70. The number of rotatable bonds is 7. The Hall–Kier alpha value is -2.65. The highest BCUT2D eigenvalue weighted by Crippen LogP contribution is 2.53. The van der Waals surface area contributed by atoms with Crippen molar-refractivity contribution in [2.24, 2.45) is 5.41 Å². The topological polar surface area (TPSA) is 99.6 Å². The number of hydrogen-bond acceptors (Lipinski definition) is 7. The van der Waals surface area contributed by atoms with Crippen LogP contribution in [0.5, 0.6) is 0 Å². The van der Waals surface area contributed by atoms with Crippen LogP contribution in [0.25, 0.3) is 0 Å². The van der Waals surface area contributed by atoms with Crippen molar-refractivity contribution in [1.29, 1.82) is 0 Å². The Labute approximate surface area is 200 Å². The molecule has 1 N–H and O–H groups in total. The average Bonchev–Trinajstić information content (AvgIpc) is 3.66. The van der Waals surface area contributed by atoms with Gasteiger partial charge in [0.05, 0.1) is 13.2 Å². The van der Waals surface area contributed by atoms with Gasteiger partial charge in [0, 0.05) is 39.1 Å². The number of carbonyl (C=O) groups excluding carboxylic acids is 3. The minimum Gasteiger partial charge on any atom is -0.467 e. The first-order valence-corrected chi connectivity index (χ1v) is 12.2. The van der Waals surface area contributed by atoms with Crippen LogP contribution in [0.2, 0.25) is 0 Å². The monoisotopic (exact) mass is 473 g/mol. The number of β-amino-alcohol motifs (C(OH)–C–C–N with tert-alkyl or cyclic N) is 1. The van der Waals surface area contributed by atoms with Crippen molar-refractivity contribution in [2.75, 3.05) is 46.4 Å². The summed E-state index contributed by atoms with van der Waals surface area (Å²) in [6.07, 6.45) is 2.92. The summed E-state index contributed by atoms with van der Waals surface area (Å²) >= 11 is 0. The van der Waals surface area contributed by atoms with Crippen molar-refractivity contribution in [1.82, 2.24) is 14.7 Å². The van der Waals surface area contributed by atoms with E-state index in [1.165, 1.54) is 12.0 Å². The second-order valence-corrected chi connectivity index (χ2v) is 9.62. The fourth-order valence-electron chi connectivity index (χ4n) is 5.03. The Bertz CT molecular complexity index is 875. The molecule has 9 heteroatoms. The lowest BCUT2D eigenvalue weighted by Gasteiger charge is -2.37. The molecule has 3 aliphatic rings. The molecular formula is C25H35N3O6. The van der Waals surface area contributed by atoms with E-state index >= 15 is 0 Å². The highest BCUT2D eigenvalue weighted by atomic mass is 16.6. The van der Waals surface area contributed by atoms with Crippen molar-refractivity contribution in [3.8, 4) is 0 Å². The predicted molar refractivity (Wildman–Crippen MR) is 124 cm³/mol. The number of amides is 2. The van der Waals surface area contributed by atoms with E-state index in [4.69, 9.17) is 9.47 Å². The Kier molecular flexibility index (Phi) is 7.73. The summed E-state index contributed by atoms with van der Waals surface area (Å²) in [5.41, 5.74) is 1.02. The molecule has 0 bridgehead atoms. The minimum atomic E-state index is -0.716. The van der Waals surface area contributed by atoms with Crippen LogP contribution < -0.4 is 0 Å². The summed E-state index contributed by atoms with van der Waals surface area (Å²) in [6.45, 7) is 3.03. The normalized spacial score (nSPS) is 23.4. The van der Waals surface area contributed by atoms with Crippen LogP contribution in [0.15, 0.2) is 30.3 Å². The van der Waals surface area contributed by atoms with Crippen LogP contribution in [0.4, 0.5) is 4.79 Å². The maximum atomic E-state index is 12.9. The quantitative estimate of drug-likeness (QED) is 0.601. The number of aliphatic hydroxyl groups is 1. The number of nitrogens with zero attached hydrogens (tertiary/aromatic N) is 3. The molecule has 186 valence electrons. The molecule has 1 aliphatic carbocycles. The van der Waals surface area contributed by atoms with Gasteiger partial charge in [0.2, 0.25) is 5.91 Å². The van der Waals surface area contributed by atoms with Crippen molar-refractivity contribution in [3.63, 3.8) is 0 Å². The molecule has 1 unspecified atom stereocenters. The van der Waals surface area contributed by atoms with E-state index < -0.39 is 18.1 Å². The number of ether oxygens (including phenoxy) is 2. The molecule has 2 aliphatic heterocycles. The van der Waals surface area contributed by atoms with E-state index in [2.05, 4.69) is 4.90 Å². The summed E-state index contributed by atoms with van der Waals surface area (Å²) in [5.74, 6) is -0.631. The molecule has 1 aromatic rings. The molecule has 2 amide bonds. The van der Waals surface area contributed by atoms with Crippen molar-refractivity contribution in [3.05, 3.63) is 35.9 Å². The van der Waals surface area contributed by atoms with Crippen molar-refractivity contribution in [2.45, 2.75) is 50.9 Å². The first kappa shape index (κ1) is 24.5. The van der Waals surface area contributed by atoms with Crippen LogP contribution in [0, 0.1) is 5.41 Å². The van der Waals surface area contributed by atoms with E-state index in [1.54, 1.807) is 4.90 Å². The third-order valence-electron chi connectivity index (χ3n) is 7.51. The lowest BCUT2D eigenvalue weighted by Crippen LogP contribution is -2.50. The van der Waals surface area contributed by atoms with Gasteiger partial charge < -0.3 is 29.3 Å². The predicted octanol–water partition coefficient (Wildman–Crippen LogP) is 1.64. The van der Waals surface area contributed by atoms with Gasteiger partial charge in [0.25, 0.3) is 0 Å². The second kappa shape index (κ2) is 10.7. The van der Waals surface area contributed by atoms with Gasteiger partial charge >= 0.3 is 12.1 Å². The van der Waals surface area contributed by atoms with Gasteiger partial charge in [-0.2, -0.15) is 0 Å². The first-order chi connectivity index (χ1) is 16.4. The van der Waals surface area contributed by atoms with E-state index in [0.29, 0.717) is 19.5 Å². The standard InChI is InChI=1S/C25H35N3O6/c1-33-23(31)20(7-12-26-14-11-25(9-10-25)21(29)17-26)28-16-15-27(13-8-22(28)30)24(32)34-18-19-5-3-2-4-6-19/h2-6,20-21,29H,7-18H2,1H3/t20?,21-/m1/s1. The van der Waals surface area contributed by atoms with Crippen LogP contribution in [0.1, 0.15) is 37.7 Å². The molecule has 3 fully saturated rings. The largest absolute Gasteiger partial charge is 0.467 e. The zero-order chi connectivity index (χ0) is 24.1. The van der Waals surface area contributed by atoms with E-state index in [-0.39, 0.29) is 50.1 Å². The summed E-state index contributed by atoms with van der Waals surface area (Å²) in [6, 6.07) is 8.71. The van der Waals surface area contributed by atoms with Crippen molar-refractivity contribution >= 4 is 18.0 Å². The maximum Gasteiger partial charge on any atom is 0.410 e. The lowest BCUT2D eigenvalue weighted by atomic mass is 9.90. The number of hydrogen-bond donors (Lipinski definition) is 1.